The van der Waals surface area contributed by atoms with Crippen LogP contribution in [-0.2, 0) is 16.6 Å². The van der Waals surface area contributed by atoms with Crippen LogP contribution in [0.5, 0.6) is 0 Å². The number of anilines is 1. The summed E-state index contributed by atoms with van der Waals surface area (Å²) in [6.07, 6.45) is 1.70. The molecular formula is C17H24N4O2S. The van der Waals surface area contributed by atoms with Gasteiger partial charge in [-0.3, -0.25) is 4.98 Å². The molecule has 0 bridgehead atoms. The quantitative estimate of drug-likeness (QED) is 0.868. The van der Waals surface area contributed by atoms with Gasteiger partial charge >= 0.3 is 0 Å². The molecule has 0 spiro atoms. The molecule has 0 aliphatic carbocycles. The third kappa shape index (κ3) is 4.75. The van der Waals surface area contributed by atoms with Crippen LogP contribution in [0.2, 0.25) is 0 Å². The number of hydrogen-bond donors (Lipinski definition) is 2. The second-order valence-corrected chi connectivity index (χ2v) is 8.41. The lowest BCUT2D eigenvalue weighted by atomic mass is 10.1. The zero-order chi connectivity index (χ0) is 18.0. The Balaban J connectivity index is 2.28. The van der Waals surface area contributed by atoms with Crippen LogP contribution >= 0.6 is 0 Å². The molecular weight excluding hydrogens is 324 g/mol. The number of hydrogen-bond acceptors (Lipinski definition) is 5. The van der Waals surface area contributed by atoms with E-state index in [4.69, 9.17) is 0 Å². The predicted molar refractivity (Wildman–Crippen MR) is 95.3 cm³/mol. The highest BCUT2D eigenvalue weighted by atomic mass is 32.2. The van der Waals surface area contributed by atoms with Gasteiger partial charge in [-0.15, -0.1) is 0 Å². The van der Waals surface area contributed by atoms with Crippen LogP contribution in [-0.4, -0.2) is 23.9 Å². The van der Waals surface area contributed by atoms with Crippen LogP contribution in [0.1, 0.15) is 37.7 Å². The van der Waals surface area contributed by atoms with E-state index in [9.17, 15) is 8.42 Å². The SMILES string of the molecule is Cc1cnc(C)c(NCc2ccccc2S(=O)(=O)NC(C)(C)C)n1. The second-order valence-electron chi connectivity index (χ2n) is 6.76. The van der Waals surface area contributed by atoms with E-state index in [0.717, 1.165) is 11.4 Å². The summed E-state index contributed by atoms with van der Waals surface area (Å²) in [4.78, 5) is 8.92. The minimum absolute atomic E-state index is 0.269. The summed E-state index contributed by atoms with van der Waals surface area (Å²) < 4.78 is 28.0. The van der Waals surface area contributed by atoms with Gasteiger partial charge in [0.15, 0.2) is 0 Å². The first-order chi connectivity index (χ1) is 11.1. The normalized spacial score (nSPS) is 12.2. The summed E-state index contributed by atoms with van der Waals surface area (Å²) in [7, 11) is -3.60. The minimum atomic E-state index is -3.60. The summed E-state index contributed by atoms with van der Waals surface area (Å²) in [5.74, 6) is 0.658. The van der Waals surface area contributed by atoms with Crippen molar-refractivity contribution in [2.75, 3.05) is 5.32 Å². The van der Waals surface area contributed by atoms with Gasteiger partial charge in [0.1, 0.15) is 5.82 Å². The molecule has 7 heteroatoms. The first-order valence-electron chi connectivity index (χ1n) is 7.74. The summed E-state index contributed by atoms with van der Waals surface area (Å²) in [5.41, 5.74) is 1.71. The molecule has 24 heavy (non-hydrogen) atoms. The highest BCUT2D eigenvalue weighted by molar-refractivity contribution is 7.89. The molecule has 0 radical (unpaired) electrons. The van der Waals surface area contributed by atoms with Gasteiger partial charge in [0.05, 0.1) is 16.3 Å². The van der Waals surface area contributed by atoms with E-state index in [1.807, 2.05) is 40.7 Å². The van der Waals surface area contributed by atoms with Gasteiger partial charge in [-0.2, -0.15) is 0 Å². The third-order valence-electron chi connectivity index (χ3n) is 3.22. The average Bonchev–Trinajstić information content (AvgIpc) is 2.46. The number of sulfonamides is 1. The fourth-order valence-electron chi connectivity index (χ4n) is 2.25. The van der Waals surface area contributed by atoms with Gasteiger partial charge in [-0.25, -0.2) is 18.1 Å². The van der Waals surface area contributed by atoms with Crippen LogP contribution in [0.25, 0.3) is 0 Å². The maximum atomic E-state index is 12.6. The van der Waals surface area contributed by atoms with Crippen LogP contribution in [0.4, 0.5) is 5.82 Å². The van der Waals surface area contributed by atoms with Crippen molar-refractivity contribution in [2.24, 2.45) is 0 Å². The second kappa shape index (κ2) is 6.86. The molecule has 0 fully saturated rings. The van der Waals surface area contributed by atoms with Gasteiger partial charge < -0.3 is 5.32 Å². The number of aryl methyl sites for hydroxylation is 2. The highest BCUT2D eigenvalue weighted by Crippen LogP contribution is 2.19. The Kier molecular flexibility index (Phi) is 5.25. The van der Waals surface area contributed by atoms with E-state index in [1.165, 1.54) is 0 Å². The number of benzene rings is 1. The third-order valence-corrected chi connectivity index (χ3v) is 5.08. The molecule has 1 aromatic heterocycles. The van der Waals surface area contributed by atoms with Crippen molar-refractivity contribution in [2.45, 2.75) is 51.6 Å². The fraction of sp³-hybridized carbons (Fsp3) is 0.412. The van der Waals surface area contributed by atoms with E-state index in [2.05, 4.69) is 20.0 Å². The minimum Gasteiger partial charge on any atom is -0.364 e. The van der Waals surface area contributed by atoms with E-state index in [1.54, 1.807) is 24.4 Å². The molecule has 0 unspecified atom stereocenters. The van der Waals surface area contributed by atoms with Crippen molar-refractivity contribution in [3.05, 3.63) is 47.4 Å². The highest BCUT2D eigenvalue weighted by Gasteiger charge is 2.24. The lowest BCUT2D eigenvalue weighted by molar-refractivity contribution is 0.491. The molecule has 0 amide bonds. The Labute approximate surface area is 143 Å². The smallest absolute Gasteiger partial charge is 0.241 e. The number of rotatable bonds is 5. The largest absolute Gasteiger partial charge is 0.364 e. The first kappa shape index (κ1) is 18.4. The molecule has 0 atom stereocenters. The average molecular weight is 348 g/mol. The fourth-order valence-corrected chi connectivity index (χ4v) is 3.91. The van der Waals surface area contributed by atoms with Gasteiger partial charge in [-0.05, 0) is 46.2 Å². The molecule has 1 heterocycles. The zero-order valence-corrected chi connectivity index (χ0v) is 15.5. The Hall–Kier alpha value is -1.99. The summed E-state index contributed by atoms with van der Waals surface area (Å²) in [5, 5.41) is 3.18. The Morgan fingerprint density at radius 1 is 1.12 bits per heavy atom. The number of nitrogens with one attached hydrogen (secondary N) is 2. The standard InChI is InChI=1S/C17H24N4O2S/c1-12-10-18-13(2)16(20-12)19-11-14-8-6-7-9-15(14)24(22,23)21-17(3,4)5/h6-10,21H,11H2,1-5H3,(H,19,20). The Morgan fingerprint density at radius 3 is 2.46 bits per heavy atom. The van der Waals surface area contributed by atoms with Gasteiger partial charge in [0.2, 0.25) is 10.0 Å². The van der Waals surface area contributed by atoms with Crippen molar-refractivity contribution in [3.8, 4) is 0 Å². The molecule has 1 aromatic carbocycles. The van der Waals surface area contributed by atoms with Crippen molar-refractivity contribution in [1.29, 1.82) is 0 Å². The van der Waals surface area contributed by atoms with Crippen LogP contribution in [0.3, 0.4) is 0 Å². The summed E-state index contributed by atoms with van der Waals surface area (Å²) in [6, 6.07) is 6.95. The lowest BCUT2D eigenvalue weighted by Gasteiger charge is -2.21. The summed E-state index contributed by atoms with van der Waals surface area (Å²) >= 11 is 0. The molecule has 2 rings (SSSR count). The maximum Gasteiger partial charge on any atom is 0.241 e. The summed E-state index contributed by atoms with van der Waals surface area (Å²) in [6.45, 7) is 9.52. The van der Waals surface area contributed by atoms with Crippen LogP contribution in [0, 0.1) is 13.8 Å². The Morgan fingerprint density at radius 2 is 1.79 bits per heavy atom. The van der Waals surface area contributed by atoms with Crippen molar-refractivity contribution in [3.63, 3.8) is 0 Å². The van der Waals surface area contributed by atoms with E-state index >= 15 is 0 Å². The molecule has 0 saturated carbocycles. The number of aromatic nitrogens is 2. The van der Waals surface area contributed by atoms with E-state index in [-0.39, 0.29) is 4.90 Å². The van der Waals surface area contributed by atoms with Gasteiger partial charge in [-0.1, -0.05) is 18.2 Å². The molecule has 0 aliphatic heterocycles. The number of nitrogens with zero attached hydrogens (tertiary/aromatic N) is 2. The molecule has 2 N–H and O–H groups in total. The van der Waals surface area contributed by atoms with Gasteiger partial charge in [0, 0.05) is 18.3 Å². The predicted octanol–water partition coefficient (Wildman–Crippen LogP) is 2.78. The Bertz CT molecular complexity index is 827. The van der Waals surface area contributed by atoms with Crippen LogP contribution in [0.15, 0.2) is 35.4 Å². The zero-order valence-electron chi connectivity index (χ0n) is 14.7. The topological polar surface area (TPSA) is 84.0 Å². The molecule has 2 aromatic rings. The lowest BCUT2D eigenvalue weighted by Crippen LogP contribution is -2.40. The van der Waals surface area contributed by atoms with E-state index in [0.29, 0.717) is 17.9 Å². The van der Waals surface area contributed by atoms with Crippen molar-refractivity contribution < 1.29 is 8.42 Å². The molecule has 0 aliphatic rings. The first-order valence-corrected chi connectivity index (χ1v) is 9.23. The molecule has 6 nitrogen and oxygen atoms in total. The maximum absolute atomic E-state index is 12.6. The van der Waals surface area contributed by atoms with Crippen LogP contribution < -0.4 is 10.0 Å². The van der Waals surface area contributed by atoms with E-state index < -0.39 is 15.6 Å². The van der Waals surface area contributed by atoms with Gasteiger partial charge in [0.25, 0.3) is 0 Å². The van der Waals surface area contributed by atoms with Crippen molar-refractivity contribution >= 4 is 15.8 Å². The molecule has 0 saturated heterocycles. The monoisotopic (exact) mass is 348 g/mol. The molecule has 130 valence electrons. The van der Waals surface area contributed by atoms with Crippen molar-refractivity contribution in [1.82, 2.24) is 14.7 Å².